The molecule has 1 aromatic carbocycles. The standard InChI is InChI=1S/C25H37N3O6S/c1-20(2)21-6-4-5-7-22(21)27-16-14-26(15-17-27)11-10-25(33-19-29)18-24(23(30)34-25)8-12-28(13-9-24)35(3,31)32/h4-7,19-20H,8-18H2,1-3H3. The van der Waals surface area contributed by atoms with Crippen LogP contribution in [0.2, 0.25) is 0 Å². The van der Waals surface area contributed by atoms with Gasteiger partial charge in [-0.25, -0.2) is 12.7 Å². The van der Waals surface area contributed by atoms with Gasteiger partial charge in [0, 0.05) is 64.3 Å². The Morgan fingerprint density at radius 2 is 1.74 bits per heavy atom. The molecule has 3 fully saturated rings. The number of sulfonamides is 1. The van der Waals surface area contributed by atoms with Crippen molar-refractivity contribution in [1.82, 2.24) is 9.21 Å². The Balaban J connectivity index is 1.36. The zero-order valence-electron chi connectivity index (χ0n) is 20.9. The van der Waals surface area contributed by atoms with E-state index < -0.39 is 21.2 Å². The molecule has 194 valence electrons. The van der Waals surface area contributed by atoms with E-state index in [1.807, 2.05) is 0 Å². The first-order valence-electron chi connectivity index (χ1n) is 12.4. The SMILES string of the molecule is CC(C)c1ccccc1N1CCN(CCC2(OC=O)CC3(CCN(S(C)(=O)=O)CC3)C(=O)O2)CC1. The summed E-state index contributed by atoms with van der Waals surface area (Å²) < 4.78 is 36.3. The number of piperidine rings is 1. The Kier molecular flexibility index (Phi) is 7.45. The molecule has 1 unspecified atom stereocenters. The minimum atomic E-state index is -3.30. The molecule has 0 radical (unpaired) electrons. The van der Waals surface area contributed by atoms with E-state index in [9.17, 15) is 18.0 Å². The molecule has 1 atom stereocenters. The lowest BCUT2D eigenvalue weighted by Crippen LogP contribution is -2.48. The molecule has 0 bridgehead atoms. The summed E-state index contributed by atoms with van der Waals surface area (Å²) in [6.45, 7) is 9.50. The summed E-state index contributed by atoms with van der Waals surface area (Å²) >= 11 is 0. The van der Waals surface area contributed by atoms with E-state index in [1.54, 1.807) is 0 Å². The number of anilines is 1. The largest absolute Gasteiger partial charge is 0.425 e. The maximum atomic E-state index is 12.9. The summed E-state index contributed by atoms with van der Waals surface area (Å²) in [5, 5.41) is 0. The molecule has 35 heavy (non-hydrogen) atoms. The molecule has 0 aliphatic carbocycles. The Hall–Kier alpha value is -2.17. The van der Waals surface area contributed by atoms with Crippen molar-refractivity contribution in [3.8, 4) is 0 Å². The quantitative estimate of drug-likeness (QED) is 0.390. The van der Waals surface area contributed by atoms with Crippen LogP contribution in [0.1, 0.15) is 51.0 Å². The molecular formula is C25H37N3O6S. The number of carbonyl (C=O) groups excluding carboxylic acids is 2. The molecule has 3 heterocycles. The zero-order valence-corrected chi connectivity index (χ0v) is 21.8. The minimum absolute atomic E-state index is 0.269. The van der Waals surface area contributed by atoms with Crippen molar-refractivity contribution in [3.63, 3.8) is 0 Å². The monoisotopic (exact) mass is 507 g/mol. The molecule has 9 nitrogen and oxygen atoms in total. The van der Waals surface area contributed by atoms with Gasteiger partial charge < -0.3 is 14.4 Å². The van der Waals surface area contributed by atoms with Crippen LogP contribution in [-0.4, -0.2) is 87.9 Å². The predicted octanol–water partition coefficient (Wildman–Crippen LogP) is 2.18. The highest BCUT2D eigenvalue weighted by Crippen LogP contribution is 2.49. The van der Waals surface area contributed by atoms with Gasteiger partial charge in [0.05, 0.1) is 11.7 Å². The smallest absolute Gasteiger partial charge is 0.315 e. The lowest BCUT2D eigenvalue weighted by molar-refractivity contribution is -0.207. The fraction of sp³-hybridized carbons (Fsp3) is 0.680. The fourth-order valence-electron chi connectivity index (χ4n) is 5.68. The summed E-state index contributed by atoms with van der Waals surface area (Å²) in [6, 6.07) is 8.54. The highest BCUT2D eigenvalue weighted by Gasteiger charge is 2.59. The zero-order chi connectivity index (χ0) is 25.3. The number of ether oxygens (including phenoxy) is 2. The first-order valence-corrected chi connectivity index (χ1v) is 14.3. The second kappa shape index (κ2) is 10.1. The topological polar surface area (TPSA) is 96.5 Å². The van der Waals surface area contributed by atoms with E-state index in [0.29, 0.717) is 38.2 Å². The van der Waals surface area contributed by atoms with E-state index >= 15 is 0 Å². The highest BCUT2D eigenvalue weighted by atomic mass is 32.2. The lowest BCUT2D eigenvalue weighted by Gasteiger charge is -2.39. The van der Waals surface area contributed by atoms with Crippen LogP contribution in [-0.2, 0) is 29.1 Å². The maximum Gasteiger partial charge on any atom is 0.315 e. The third kappa shape index (κ3) is 5.49. The maximum absolute atomic E-state index is 12.9. The van der Waals surface area contributed by atoms with Crippen molar-refractivity contribution in [2.45, 2.75) is 51.2 Å². The second-order valence-corrected chi connectivity index (χ2v) is 12.4. The Labute approximate surface area is 208 Å². The van der Waals surface area contributed by atoms with Crippen LogP contribution < -0.4 is 4.90 Å². The van der Waals surface area contributed by atoms with Crippen LogP contribution in [0.3, 0.4) is 0 Å². The van der Waals surface area contributed by atoms with Gasteiger partial charge in [-0.3, -0.25) is 14.5 Å². The van der Waals surface area contributed by atoms with Gasteiger partial charge in [-0.1, -0.05) is 32.0 Å². The second-order valence-electron chi connectivity index (χ2n) is 10.4. The number of nitrogens with zero attached hydrogens (tertiary/aromatic N) is 3. The average Bonchev–Trinajstić information content (AvgIpc) is 3.08. The van der Waals surface area contributed by atoms with Crippen LogP contribution in [0, 0.1) is 5.41 Å². The number of esters is 1. The summed E-state index contributed by atoms with van der Waals surface area (Å²) in [6.07, 6.45) is 2.60. The molecule has 1 spiro atoms. The van der Waals surface area contributed by atoms with Gasteiger partial charge in [-0.05, 0) is 30.4 Å². The molecule has 3 saturated heterocycles. The van der Waals surface area contributed by atoms with E-state index in [-0.39, 0.29) is 25.5 Å². The van der Waals surface area contributed by atoms with Gasteiger partial charge in [0.1, 0.15) is 0 Å². The van der Waals surface area contributed by atoms with Crippen LogP contribution in [0.4, 0.5) is 5.69 Å². The van der Waals surface area contributed by atoms with Crippen LogP contribution in [0.5, 0.6) is 0 Å². The number of hydrogen-bond acceptors (Lipinski definition) is 8. The first kappa shape index (κ1) is 25.9. The highest BCUT2D eigenvalue weighted by molar-refractivity contribution is 7.88. The number of benzene rings is 1. The van der Waals surface area contributed by atoms with Crippen LogP contribution >= 0.6 is 0 Å². The molecule has 3 aliphatic heterocycles. The Morgan fingerprint density at radius 3 is 2.34 bits per heavy atom. The Bertz CT molecular complexity index is 1030. The van der Waals surface area contributed by atoms with Gasteiger partial charge in [-0.2, -0.15) is 0 Å². The van der Waals surface area contributed by atoms with Crippen molar-refractivity contribution in [1.29, 1.82) is 0 Å². The Morgan fingerprint density at radius 1 is 1.09 bits per heavy atom. The molecule has 0 amide bonds. The number of piperazine rings is 1. The molecule has 1 aromatic rings. The van der Waals surface area contributed by atoms with Crippen molar-refractivity contribution < 1.29 is 27.5 Å². The summed E-state index contributed by atoms with van der Waals surface area (Å²) in [7, 11) is -3.30. The number of hydrogen-bond donors (Lipinski definition) is 0. The molecular weight excluding hydrogens is 470 g/mol. The molecule has 4 rings (SSSR count). The number of carbonyl (C=O) groups is 2. The minimum Gasteiger partial charge on any atom is -0.425 e. The summed E-state index contributed by atoms with van der Waals surface area (Å²) in [5.74, 6) is -1.21. The third-order valence-electron chi connectivity index (χ3n) is 7.81. The average molecular weight is 508 g/mol. The van der Waals surface area contributed by atoms with Crippen molar-refractivity contribution >= 4 is 28.2 Å². The van der Waals surface area contributed by atoms with E-state index in [4.69, 9.17) is 9.47 Å². The van der Waals surface area contributed by atoms with Gasteiger partial charge in [-0.15, -0.1) is 0 Å². The van der Waals surface area contributed by atoms with Crippen LogP contribution in [0.25, 0.3) is 0 Å². The number of cyclic esters (lactones) is 1. The van der Waals surface area contributed by atoms with Crippen molar-refractivity contribution in [3.05, 3.63) is 29.8 Å². The normalized spacial score (nSPS) is 25.7. The van der Waals surface area contributed by atoms with Gasteiger partial charge in [0.25, 0.3) is 12.3 Å². The van der Waals surface area contributed by atoms with Crippen molar-refractivity contribution in [2.24, 2.45) is 5.41 Å². The third-order valence-corrected chi connectivity index (χ3v) is 9.11. The van der Waals surface area contributed by atoms with E-state index in [0.717, 1.165) is 26.2 Å². The first-order chi connectivity index (χ1) is 16.6. The van der Waals surface area contributed by atoms with E-state index in [1.165, 1.54) is 21.8 Å². The van der Waals surface area contributed by atoms with Gasteiger partial charge in [0.15, 0.2) is 0 Å². The number of para-hydroxylation sites is 1. The number of rotatable bonds is 8. The predicted molar refractivity (Wildman–Crippen MR) is 132 cm³/mol. The van der Waals surface area contributed by atoms with E-state index in [2.05, 4.69) is 47.9 Å². The molecule has 3 aliphatic rings. The molecule has 0 saturated carbocycles. The summed E-state index contributed by atoms with van der Waals surface area (Å²) in [5.41, 5.74) is 1.84. The van der Waals surface area contributed by atoms with Crippen molar-refractivity contribution in [2.75, 3.05) is 57.0 Å². The lowest BCUT2D eigenvalue weighted by atomic mass is 9.75. The molecule has 0 aromatic heterocycles. The fourth-order valence-corrected chi connectivity index (χ4v) is 6.53. The van der Waals surface area contributed by atoms with Crippen LogP contribution in [0.15, 0.2) is 24.3 Å². The van der Waals surface area contributed by atoms with Gasteiger partial charge >= 0.3 is 5.97 Å². The summed E-state index contributed by atoms with van der Waals surface area (Å²) in [4.78, 5) is 29.0. The molecule has 10 heteroatoms. The molecule has 0 N–H and O–H groups in total. The van der Waals surface area contributed by atoms with Gasteiger partial charge in [0.2, 0.25) is 10.0 Å².